The Bertz CT molecular complexity index is 1010. The summed E-state index contributed by atoms with van der Waals surface area (Å²) < 4.78 is 18.3. The number of rotatable bonds is 5. The number of H-pyrrole nitrogens is 1. The van der Waals surface area contributed by atoms with Crippen molar-refractivity contribution in [2.24, 2.45) is 0 Å². The Morgan fingerprint density at radius 2 is 2.00 bits per heavy atom. The van der Waals surface area contributed by atoms with Crippen molar-refractivity contribution >= 4 is 27.5 Å². The second kappa shape index (κ2) is 7.37. The molecule has 0 saturated carbocycles. The molecule has 5 nitrogen and oxygen atoms in total. The molecule has 7 heteroatoms. The summed E-state index contributed by atoms with van der Waals surface area (Å²) in [7, 11) is 0. The number of nitrogens with one attached hydrogen (secondary N) is 1. The predicted molar refractivity (Wildman–Crippen MR) is 98.9 cm³/mol. The average Bonchev–Trinajstić information content (AvgIpc) is 2.89. The number of halogens is 1. The van der Waals surface area contributed by atoms with E-state index in [4.69, 9.17) is 4.74 Å². The summed E-state index contributed by atoms with van der Waals surface area (Å²) in [6.45, 7) is 5.51. The fourth-order valence-corrected chi connectivity index (χ4v) is 3.71. The summed E-state index contributed by atoms with van der Waals surface area (Å²) >= 11 is 1.45. The molecular weight excluding hydrogens is 355 g/mol. The van der Waals surface area contributed by atoms with Gasteiger partial charge < -0.3 is 9.72 Å². The molecule has 3 rings (SSSR count). The van der Waals surface area contributed by atoms with Gasteiger partial charge >= 0.3 is 5.97 Å². The van der Waals surface area contributed by atoms with E-state index in [9.17, 15) is 14.0 Å². The zero-order valence-corrected chi connectivity index (χ0v) is 15.6. The molecule has 0 aliphatic carbocycles. The van der Waals surface area contributed by atoms with Gasteiger partial charge in [-0.2, -0.15) is 0 Å². The molecule has 0 radical (unpaired) electrons. The molecule has 136 valence electrons. The van der Waals surface area contributed by atoms with Crippen molar-refractivity contribution in [3.63, 3.8) is 0 Å². The highest BCUT2D eigenvalue weighted by Crippen LogP contribution is 2.27. The van der Waals surface area contributed by atoms with Crippen molar-refractivity contribution < 1.29 is 13.9 Å². The molecule has 2 heterocycles. The second-order valence-corrected chi connectivity index (χ2v) is 7.38. The minimum Gasteiger partial charge on any atom is -0.454 e. The first kappa shape index (κ1) is 18.3. The number of thiophene rings is 1. The Morgan fingerprint density at radius 1 is 1.31 bits per heavy atom. The van der Waals surface area contributed by atoms with Crippen LogP contribution in [0.5, 0.6) is 0 Å². The van der Waals surface area contributed by atoms with Crippen LogP contribution in [-0.4, -0.2) is 15.9 Å². The van der Waals surface area contributed by atoms with Crippen molar-refractivity contribution in [2.45, 2.75) is 39.7 Å². The molecule has 0 amide bonds. The Kier molecular flexibility index (Phi) is 5.18. The van der Waals surface area contributed by atoms with Gasteiger partial charge in [-0.15, -0.1) is 11.3 Å². The molecule has 0 unspecified atom stereocenters. The lowest BCUT2D eigenvalue weighted by molar-refractivity contribution is -0.148. The number of carbonyl (C=O) groups excluding carboxylic acids is 1. The average molecular weight is 374 g/mol. The molecule has 3 aromatic rings. The van der Waals surface area contributed by atoms with Gasteiger partial charge in [0, 0.05) is 11.3 Å². The van der Waals surface area contributed by atoms with Gasteiger partial charge in [0.15, 0.2) is 11.9 Å². The Morgan fingerprint density at radius 3 is 2.69 bits per heavy atom. The van der Waals surface area contributed by atoms with E-state index in [1.165, 1.54) is 23.5 Å². The second-order valence-electron chi connectivity index (χ2n) is 6.17. The Hall–Kier alpha value is -2.54. The van der Waals surface area contributed by atoms with Crippen molar-refractivity contribution in [1.82, 2.24) is 9.97 Å². The summed E-state index contributed by atoms with van der Waals surface area (Å²) in [5.74, 6) is -0.378. The van der Waals surface area contributed by atoms with Crippen molar-refractivity contribution in [2.75, 3.05) is 0 Å². The first-order chi connectivity index (χ1) is 12.3. The van der Waals surface area contributed by atoms with Gasteiger partial charge in [-0.1, -0.05) is 12.1 Å². The molecule has 0 saturated heterocycles. The molecule has 26 heavy (non-hydrogen) atoms. The maximum Gasteiger partial charge on any atom is 0.306 e. The molecule has 0 spiro atoms. The van der Waals surface area contributed by atoms with E-state index in [-0.39, 0.29) is 17.8 Å². The number of nitrogens with zero attached hydrogens (tertiary/aromatic N) is 1. The lowest BCUT2D eigenvalue weighted by Gasteiger charge is -2.12. The van der Waals surface area contributed by atoms with E-state index in [1.807, 2.05) is 13.8 Å². The summed E-state index contributed by atoms with van der Waals surface area (Å²) in [6.07, 6.45) is -0.0341. The highest BCUT2D eigenvalue weighted by atomic mass is 32.1. The normalized spacial score (nSPS) is 12.3. The molecule has 0 aliphatic rings. The quantitative estimate of drug-likeness (QED) is 0.686. The van der Waals surface area contributed by atoms with E-state index in [1.54, 1.807) is 19.1 Å². The summed E-state index contributed by atoms with van der Waals surface area (Å²) in [4.78, 5) is 33.2. The van der Waals surface area contributed by atoms with Crippen LogP contribution < -0.4 is 5.56 Å². The highest BCUT2D eigenvalue weighted by Gasteiger charge is 2.18. The molecule has 0 aliphatic heterocycles. The van der Waals surface area contributed by atoms with E-state index in [0.717, 1.165) is 16.0 Å². The number of aromatic amines is 1. The van der Waals surface area contributed by atoms with Gasteiger partial charge in [0.25, 0.3) is 5.56 Å². The van der Waals surface area contributed by atoms with Crippen LogP contribution in [0.4, 0.5) is 4.39 Å². The zero-order valence-electron chi connectivity index (χ0n) is 14.8. The first-order valence-corrected chi connectivity index (χ1v) is 9.10. The van der Waals surface area contributed by atoms with Gasteiger partial charge in [-0.25, -0.2) is 9.37 Å². The van der Waals surface area contributed by atoms with E-state index in [0.29, 0.717) is 22.5 Å². The molecule has 1 atom stereocenters. The molecule has 1 N–H and O–H groups in total. The Labute approximate surface area is 153 Å². The number of aryl methyl sites for hydroxylation is 3. The van der Waals surface area contributed by atoms with E-state index >= 15 is 0 Å². The van der Waals surface area contributed by atoms with Crippen LogP contribution in [-0.2, 0) is 16.0 Å². The number of fused-ring (bicyclic) bond motifs is 1. The van der Waals surface area contributed by atoms with Crippen LogP contribution in [0.1, 0.15) is 41.3 Å². The predicted octanol–water partition coefficient (Wildman–Crippen LogP) is 3.98. The van der Waals surface area contributed by atoms with Crippen molar-refractivity contribution in [3.05, 3.63) is 62.3 Å². The number of aromatic nitrogens is 2. The van der Waals surface area contributed by atoms with Gasteiger partial charge in [-0.05, 0) is 50.5 Å². The fourth-order valence-electron chi connectivity index (χ4n) is 2.67. The summed E-state index contributed by atoms with van der Waals surface area (Å²) in [6, 6.07) is 6.00. The number of esters is 1. The van der Waals surface area contributed by atoms with Gasteiger partial charge in [0.05, 0.1) is 5.39 Å². The fraction of sp³-hybridized carbons (Fsp3) is 0.316. The molecule has 0 bridgehead atoms. The third kappa shape index (κ3) is 3.83. The number of hydrogen-bond donors (Lipinski definition) is 1. The van der Waals surface area contributed by atoms with Crippen LogP contribution in [0.15, 0.2) is 29.1 Å². The minimum atomic E-state index is -0.657. The van der Waals surface area contributed by atoms with Crippen molar-refractivity contribution in [3.8, 4) is 0 Å². The van der Waals surface area contributed by atoms with Crippen LogP contribution >= 0.6 is 11.3 Å². The molecular formula is C19H19FN2O3S. The highest BCUT2D eigenvalue weighted by molar-refractivity contribution is 7.18. The van der Waals surface area contributed by atoms with Crippen LogP contribution in [0, 0.1) is 19.7 Å². The lowest BCUT2D eigenvalue weighted by atomic mass is 10.1. The molecule has 1 aromatic carbocycles. The third-order valence-electron chi connectivity index (χ3n) is 4.28. The number of benzene rings is 1. The first-order valence-electron chi connectivity index (χ1n) is 8.29. The van der Waals surface area contributed by atoms with Gasteiger partial charge in [-0.3, -0.25) is 9.59 Å². The van der Waals surface area contributed by atoms with Gasteiger partial charge in [0.2, 0.25) is 0 Å². The summed E-state index contributed by atoms with van der Waals surface area (Å²) in [5, 5.41) is 0.589. The molecule has 2 aromatic heterocycles. The third-order valence-corrected chi connectivity index (χ3v) is 5.38. The maximum absolute atomic E-state index is 12.9. The topological polar surface area (TPSA) is 72.0 Å². The minimum absolute atomic E-state index is 0.166. The largest absolute Gasteiger partial charge is 0.454 e. The van der Waals surface area contributed by atoms with E-state index in [2.05, 4.69) is 9.97 Å². The SMILES string of the molecule is Cc1sc2nc([C@H](C)OC(=O)CCc3ccc(F)cc3)[nH]c(=O)c2c1C. The smallest absolute Gasteiger partial charge is 0.306 e. The number of hydrogen-bond acceptors (Lipinski definition) is 5. The van der Waals surface area contributed by atoms with Crippen LogP contribution in [0.2, 0.25) is 0 Å². The van der Waals surface area contributed by atoms with Gasteiger partial charge in [0.1, 0.15) is 10.6 Å². The summed E-state index contributed by atoms with van der Waals surface area (Å²) in [5.41, 5.74) is 1.56. The number of ether oxygens (including phenoxy) is 1. The number of carbonyl (C=O) groups is 1. The monoisotopic (exact) mass is 374 g/mol. The van der Waals surface area contributed by atoms with Crippen molar-refractivity contribution in [1.29, 1.82) is 0 Å². The standard InChI is InChI=1S/C19H19FN2O3S/c1-10-12(3)26-19-16(10)18(24)21-17(22-19)11(2)25-15(23)9-6-13-4-7-14(20)8-5-13/h4-5,7-8,11H,6,9H2,1-3H3,(H,21,22,24)/t11-/m0/s1. The molecule has 0 fully saturated rings. The zero-order chi connectivity index (χ0) is 18.8. The maximum atomic E-state index is 12.9. The van der Waals surface area contributed by atoms with Crippen LogP contribution in [0.3, 0.4) is 0 Å². The van der Waals surface area contributed by atoms with E-state index < -0.39 is 12.1 Å². The van der Waals surface area contributed by atoms with Crippen LogP contribution in [0.25, 0.3) is 10.2 Å². The Balaban J connectivity index is 1.68. The lowest BCUT2D eigenvalue weighted by Crippen LogP contribution is -2.17.